The highest BCUT2D eigenvalue weighted by Gasteiger charge is 2.43. The lowest BCUT2D eigenvalue weighted by atomic mass is 9.94. The van der Waals surface area contributed by atoms with E-state index in [1.54, 1.807) is 0 Å². The molecule has 0 aromatic heterocycles. The molecule has 5 nitrogen and oxygen atoms in total. The zero-order valence-corrected chi connectivity index (χ0v) is 10.8. The van der Waals surface area contributed by atoms with Gasteiger partial charge >= 0.3 is 5.97 Å². The SMILES string of the molecule is CC1CC(C(=O)O)C(C(=O)N(CCO)CC(F)F)C1. The number of carbonyl (C=O) groups excluding carboxylic acids is 1. The van der Waals surface area contributed by atoms with Gasteiger partial charge in [-0.1, -0.05) is 6.92 Å². The third kappa shape index (κ3) is 4.12. The highest BCUT2D eigenvalue weighted by molar-refractivity contribution is 5.85. The number of carboxylic acids is 1. The summed E-state index contributed by atoms with van der Waals surface area (Å²) in [7, 11) is 0. The van der Waals surface area contributed by atoms with Crippen LogP contribution in [0.5, 0.6) is 0 Å². The van der Waals surface area contributed by atoms with Gasteiger partial charge in [-0.05, 0) is 18.8 Å². The molecular weight excluding hydrogens is 260 g/mol. The summed E-state index contributed by atoms with van der Waals surface area (Å²) in [5, 5.41) is 17.9. The Kier molecular flexibility index (Phi) is 5.65. The van der Waals surface area contributed by atoms with E-state index >= 15 is 0 Å². The fraction of sp³-hybridized carbons (Fsp3) is 0.833. The quantitative estimate of drug-likeness (QED) is 0.754. The van der Waals surface area contributed by atoms with Gasteiger partial charge in [0.1, 0.15) is 0 Å². The number of rotatable bonds is 6. The van der Waals surface area contributed by atoms with Crippen molar-refractivity contribution in [3.63, 3.8) is 0 Å². The maximum Gasteiger partial charge on any atom is 0.307 e. The van der Waals surface area contributed by atoms with E-state index in [1.165, 1.54) is 0 Å². The average molecular weight is 279 g/mol. The molecule has 1 fully saturated rings. The minimum atomic E-state index is -2.70. The van der Waals surface area contributed by atoms with Crippen molar-refractivity contribution in [1.82, 2.24) is 4.90 Å². The fourth-order valence-corrected chi connectivity index (χ4v) is 2.65. The van der Waals surface area contributed by atoms with Crippen molar-refractivity contribution in [3.8, 4) is 0 Å². The van der Waals surface area contributed by atoms with Crippen LogP contribution in [0.3, 0.4) is 0 Å². The van der Waals surface area contributed by atoms with E-state index in [9.17, 15) is 18.4 Å². The number of halogens is 2. The lowest BCUT2D eigenvalue weighted by molar-refractivity contribution is -0.150. The lowest BCUT2D eigenvalue weighted by Gasteiger charge is -2.26. The molecule has 0 saturated heterocycles. The molecule has 1 aliphatic carbocycles. The third-order valence-electron chi connectivity index (χ3n) is 3.47. The van der Waals surface area contributed by atoms with Crippen LogP contribution in [-0.4, -0.2) is 53.1 Å². The number of aliphatic hydroxyl groups is 1. The first-order chi connectivity index (χ1) is 8.86. The fourth-order valence-electron chi connectivity index (χ4n) is 2.65. The number of alkyl halides is 2. The molecule has 19 heavy (non-hydrogen) atoms. The molecule has 0 aromatic carbocycles. The van der Waals surface area contributed by atoms with Crippen molar-refractivity contribution < 1.29 is 28.6 Å². The number of hydrogen-bond donors (Lipinski definition) is 2. The minimum absolute atomic E-state index is 0.0811. The molecule has 7 heteroatoms. The van der Waals surface area contributed by atoms with Crippen LogP contribution in [0.15, 0.2) is 0 Å². The Hall–Kier alpha value is -1.24. The Morgan fingerprint density at radius 3 is 2.37 bits per heavy atom. The monoisotopic (exact) mass is 279 g/mol. The molecule has 1 aliphatic rings. The van der Waals surface area contributed by atoms with E-state index in [-0.39, 0.29) is 12.5 Å². The van der Waals surface area contributed by atoms with E-state index < -0.39 is 43.3 Å². The predicted octanol–water partition coefficient (Wildman–Crippen LogP) is 0.819. The Morgan fingerprint density at radius 2 is 1.89 bits per heavy atom. The van der Waals surface area contributed by atoms with E-state index in [0.29, 0.717) is 12.8 Å². The summed E-state index contributed by atoms with van der Waals surface area (Å²) in [6.07, 6.45) is -1.92. The second-order valence-corrected chi connectivity index (χ2v) is 5.03. The molecule has 3 unspecified atom stereocenters. The lowest BCUT2D eigenvalue weighted by Crippen LogP contribution is -2.43. The van der Waals surface area contributed by atoms with Gasteiger partial charge in [0, 0.05) is 6.54 Å². The van der Waals surface area contributed by atoms with Gasteiger partial charge in [0.05, 0.1) is 25.0 Å². The Bertz CT molecular complexity index is 338. The number of nitrogens with zero attached hydrogens (tertiary/aromatic N) is 1. The maximum absolute atomic E-state index is 12.4. The van der Waals surface area contributed by atoms with Crippen molar-refractivity contribution >= 4 is 11.9 Å². The maximum atomic E-state index is 12.4. The zero-order chi connectivity index (χ0) is 14.6. The van der Waals surface area contributed by atoms with Gasteiger partial charge in [-0.25, -0.2) is 8.78 Å². The molecular formula is C12H19F2NO4. The number of amides is 1. The van der Waals surface area contributed by atoms with Gasteiger partial charge in [-0.2, -0.15) is 0 Å². The molecule has 0 heterocycles. The highest BCUT2D eigenvalue weighted by Crippen LogP contribution is 2.37. The molecule has 0 spiro atoms. The molecule has 110 valence electrons. The van der Waals surface area contributed by atoms with E-state index in [2.05, 4.69) is 0 Å². The first-order valence-corrected chi connectivity index (χ1v) is 6.27. The standard InChI is InChI=1S/C12H19F2NO4/c1-7-4-8(9(5-7)12(18)19)11(17)15(2-3-16)6-10(13)14/h7-10,16H,2-6H2,1H3,(H,18,19). The van der Waals surface area contributed by atoms with E-state index in [0.717, 1.165) is 4.90 Å². The molecule has 0 bridgehead atoms. The molecule has 2 N–H and O–H groups in total. The number of carboxylic acid groups (broad SMARTS) is 1. The largest absolute Gasteiger partial charge is 0.481 e. The van der Waals surface area contributed by atoms with Crippen molar-refractivity contribution in [3.05, 3.63) is 0 Å². The molecule has 0 radical (unpaired) electrons. The number of hydrogen-bond acceptors (Lipinski definition) is 3. The van der Waals surface area contributed by atoms with Crippen LogP contribution in [0.25, 0.3) is 0 Å². The van der Waals surface area contributed by atoms with Crippen molar-refractivity contribution in [2.45, 2.75) is 26.2 Å². The summed E-state index contributed by atoms with van der Waals surface area (Å²) in [6.45, 7) is 0.461. The summed E-state index contributed by atoms with van der Waals surface area (Å²) >= 11 is 0. The van der Waals surface area contributed by atoms with Crippen LogP contribution in [-0.2, 0) is 9.59 Å². The van der Waals surface area contributed by atoms with Crippen LogP contribution >= 0.6 is 0 Å². The van der Waals surface area contributed by atoms with Crippen molar-refractivity contribution in [2.24, 2.45) is 17.8 Å². The molecule has 1 amide bonds. The number of aliphatic hydroxyl groups excluding tert-OH is 1. The van der Waals surface area contributed by atoms with Gasteiger partial charge < -0.3 is 15.1 Å². The summed E-state index contributed by atoms with van der Waals surface area (Å²) in [5.74, 6) is -3.16. The first-order valence-electron chi connectivity index (χ1n) is 6.27. The Morgan fingerprint density at radius 1 is 1.32 bits per heavy atom. The normalized spacial score (nSPS) is 26.7. The summed E-state index contributed by atoms with van der Waals surface area (Å²) < 4.78 is 24.8. The van der Waals surface area contributed by atoms with Crippen LogP contribution in [0.4, 0.5) is 8.78 Å². The topological polar surface area (TPSA) is 77.8 Å². The number of carbonyl (C=O) groups is 2. The number of aliphatic carboxylic acids is 1. The first kappa shape index (κ1) is 15.8. The second-order valence-electron chi connectivity index (χ2n) is 5.03. The second kappa shape index (κ2) is 6.79. The zero-order valence-electron chi connectivity index (χ0n) is 10.8. The van der Waals surface area contributed by atoms with E-state index in [4.69, 9.17) is 10.2 Å². The van der Waals surface area contributed by atoms with Crippen LogP contribution < -0.4 is 0 Å². The summed E-state index contributed by atoms with van der Waals surface area (Å²) in [6, 6.07) is 0. The molecule has 1 saturated carbocycles. The minimum Gasteiger partial charge on any atom is -0.481 e. The van der Waals surface area contributed by atoms with E-state index in [1.807, 2.05) is 6.92 Å². The summed E-state index contributed by atoms with van der Waals surface area (Å²) in [4.78, 5) is 24.1. The Labute approximate surface area is 110 Å². The van der Waals surface area contributed by atoms with Gasteiger partial charge in [-0.3, -0.25) is 9.59 Å². The van der Waals surface area contributed by atoms with Gasteiger partial charge in [0.15, 0.2) is 0 Å². The third-order valence-corrected chi connectivity index (χ3v) is 3.47. The molecule has 3 atom stereocenters. The van der Waals surface area contributed by atoms with Crippen LogP contribution in [0.1, 0.15) is 19.8 Å². The molecule has 0 aromatic rings. The van der Waals surface area contributed by atoms with Gasteiger partial charge in [0.25, 0.3) is 6.43 Å². The van der Waals surface area contributed by atoms with Crippen molar-refractivity contribution in [2.75, 3.05) is 19.7 Å². The smallest absolute Gasteiger partial charge is 0.307 e. The van der Waals surface area contributed by atoms with Crippen LogP contribution in [0, 0.1) is 17.8 Å². The average Bonchev–Trinajstić information content (AvgIpc) is 2.69. The predicted molar refractivity (Wildman–Crippen MR) is 62.7 cm³/mol. The molecule has 0 aliphatic heterocycles. The van der Waals surface area contributed by atoms with Crippen molar-refractivity contribution in [1.29, 1.82) is 0 Å². The molecule has 1 rings (SSSR count). The summed E-state index contributed by atoms with van der Waals surface area (Å²) in [5.41, 5.74) is 0. The highest BCUT2D eigenvalue weighted by atomic mass is 19.3. The van der Waals surface area contributed by atoms with Gasteiger partial charge in [-0.15, -0.1) is 0 Å². The van der Waals surface area contributed by atoms with Gasteiger partial charge in [0.2, 0.25) is 5.91 Å². The van der Waals surface area contributed by atoms with Crippen LogP contribution in [0.2, 0.25) is 0 Å². The Balaban J connectivity index is 2.79.